The summed E-state index contributed by atoms with van der Waals surface area (Å²) in [5.41, 5.74) is 3.16. The molecule has 2 aromatic rings. The molecule has 9 nitrogen and oxygen atoms in total. The van der Waals surface area contributed by atoms with Crippen LogP contribution in [-0.4, -0.2) is 69.6 Å². The van der Waals surface area contributed by atoms with E-state index in [1.165, 1.54) is 24.3 Å². The number of nitrogens with one attached hydrogen (secondary N) is 2. The number of carboxylic acids is 1. The fourth-order valence-electron chi connectivity index (χ4n) is 4.82. The molecule has 1 fully saturated rings. The van der Waals surface area contributed by atoms with E-state index in [0.29, 0.717) is 5.02 Å². The highest BCUT2D eigenvalue weighted by Gasteiger charge is 2.30. The van der Waals surface area contributed by atoms with Crippen molar-refractivity contribution in [3.8, 4) is 0 Å². The third-order valence-electron chi connectivity index (χ3n) is 6.99. The molecule has 0 aromatic heterocycles. The number of sulfonamides is 1. The molecular formula is C27H33ClN4O5S. The fraction of sp³-hybridized carbons (Fsp3) is 0.407. The molecule has 1 aliphatic heterocycles. The smallest absolute Gasteiger partial charge is 0.326 e. The van der Waals surface area contributed by atoms with Gasteiger partial charge in [-0.2, -0.15) is 4.72 Å². The second-order valence-electron chi connectivity index (χ2n) is 10.1. The summed E-state index contributed by atoms with van der Waals surface area (Å²) in [7, 11) is -1.77. The summed E-state index contributed by atoms with van der Waals surface area (Å²) in [6.07, 6.45) is 3.58. The molecule has 1 aliphatic carbocycles. The zero-order valence-corrected chi connectivity index (χ0v) is 23.2. The number of fused-ring (bicyclic) bond motifs is 1. The maximum absolute atomic E-state index is 13.1. The molecular weight excluding hydrogens is 528 g/mol. The molecule has 2 aliphatic rings. The van der Waals surface area contributed by atoms with Gasteiger partial charge in [-0.1, -0.05) is 43.7 Å². The van der Waals surface area contributed by atoms with Gasteiger partial charge in [0.05, 0.1) is 17.4 Å². The molecule has 0 saturated carbocycles. The maximum Gasteiger partial charge on any atom is 0.326 e. The SMILES string of the molecule is CC(C)[C@@H](NC(=O)Cc1c(N2CCN(C)CC2)ccc2c1C=CC2NS(=O)(=O)c1ccc(Cl)cc1)C(=O)O. The normalized spacial score (nSPS) is 18.4. The van der Waals surface area contributed by atoms with Crippen LogP contribution >= 0.6 is 11.6 Å². The van der Waals surface area contributed by atoms with E-state index in [9.17, 15) is 23.1 Å². The first-order chi connectivity index (χ1) is 18.0. The molecule has 204 valence electrons. The number of carboxylic acid groups (broad SMARTS) is 1. The van der Waals surface area contributed by atoms with Gasteiger partial charge >= 0.3 is 5.97 Å². The number of piperazine rings is 1. The standard InChI is InChI=1S/C27H33ClN4O5S/c1-17(2)26(27(34)35)29-25(33)16-22-20-8-10-23(30-38(36,37)19-6-4-18(28)5-7-19)21(20)9-11-24(22)32-14-12-31(3)13-15-32/h4-11,17,23,26,30H,12-16H2,1-3H3,(H,29,33)(H,34,35)/t23?,26-/m1/s1. The van der Waals surface area contributed by atoms with E-state index < -0.39 is 34.0 Å². The highest BCUT2D eigenvalue weighted by Crippen LogP contribution is 2.37. The highest BCUT2D eigenvalue weighted by molar-refractivity contribution is 7.89. The van der Waals surface area contributed by atoms with Crippen LogP contribution in [-0.2, 0) is 26.0 Å². The van der Waals surface area contributed by atoms with Gasteiger partial charge in [-0.05, 0) is 60.0 Å². The monoisotopic (exact) mass is 560 g/mol. The summed E-state index contributed by atoms with van der Waals surface area (Å²) < 4.78 is 28.8. The first-order valence-corrected chi connectivity index (χ1v) is 14.4. The average Bonchev–Trinajstić information content (AvgIpc) is 3.25. The quantitative estimate of drug-likeness (QED) is 0.431. The summed E-state index contributed by atoms with van der Waals surface area (Å²) >= 11 is 5.91. The van der Waals surface area contributed by atoms with Crippen molar-refractivity contribution < 1.29 is 23.1 Å². The molecule has 1 unspecified atom stereocenters. The van der Waals surface area contributed by atoms with Gasteiger partial charge in [-0.3, -0.25) is 4.79 Å². The van der Waals surface area contributed by atoms with Gasteiger partial charge in [0.1, 0.15) is 6.04 Å². The van der Waals surface area contributed by atoms with Crippen molar-refractivity contribution in [3.05, 3.63) is 64.2 Å². The van der Waals surface area contributed by atoms with Gasteiger partial charge in [0.15, 0.2) is 0 Å². The number of carbonyl (C=O) groups excluding carboxylic acids is 1. The van der Waals surface area contributed by atoms with Crippen molar-refractivity contribution in [1.82, 2.24) is 14.9 Å². The molecule has 2 aromatic carbocycles. The summed E-state index contributed by atoms with van der Waals surface area (Å²) in [6.45, 7) is 6.80. The maximum atomic E-state index is 13.1. The molecule has 1 saturated heterocycles. The Labute approximate surface area is 228 Å². The number of hydrogen-bond acceptors (Lipinski definition) is 6. The van der Waals surface area contributed by atoms with Crippen LogP contribution < -0.4 is 14.9 Å². The van der Waals surface area contributed by atoms with Crippen LogP contribution in [0.25, 0.3) is 6.08 Å². The van der Waals surface area contributed by atoms with Gasteiger partial charge in [0, 0.05) is 36.9 Å². The molecule has 0 radical (unpaired) electrons. The summed E-state index contributed by atoms with van der Waals surface area (Å²) in [6, 6.07) is 8.16. The number of benzene rings is 2. The Balaban J connectivity index is 1.65. The lowest BCUT2D eigenvalue weighted by molar-refractivity contribution is -0.143. The van der Waals surface area contributed by atoms with Crippen molar-refractivity contribution in [3.63, 3.8) is 0 Å². The van der Waals surface area contributed by atoms with Crippen LogP contribution in [0.15, 0.2) is 47.4 Å². The Bertz CT molecular complexity index is 1340. The average molecular weight is 561 g/mol. The van der Waals surface area contributed by atoms with Crippen LogP contribution in [0.5, 0.6) is 0 Å². The van der Waals surface area contributed by atoms with E-state index in [2.05, 4.69) is 26.9 Å². The van der Waals surface area contributed by atoms with Gasteiger partial charge in [-0.15, -0.1) is 0 Å². The topological polar surface area (TPSA) is 119 Å². The minimum absolute atomic E-state index is 0.0255. The number of hydrogen-bond donors (Lipinski definition) is 3. The Morgan fingerprint density at radius 2 is 1.74 bits per heavy atom. The summed E-state index contributed by atoms with van der Waals surface area (Å²) in [5, 5.41) is 12.6. The molecule has 2 atom stereocenters. The highest BCUT2D eigenvalue weighted by atomic mass is 35.5. The van der Waals surface area contributed by atoms with Gasteiger partial charge < -0.3 is 20.2 Å². The second-order valence-corrected chi connectivity index (χ2v) is 12.2. The Morgan fingerprint density at radius 1 is 1.08 bits per heavy atom. The molecule has 0 spiro atoms. The second kappa shape index (κ2) is 11.4. The van der Waals surface area contributed by atoms with Crippen molar-refractivity contribution in [2.75, 3.05) is 38.1 Å². The van der Waals surface area contributed by atoms with Crippen molar-refractivity contribution in [2.24, 2.45) is 5.92 Å². The number of amides is 1. The van der Waals surface area contributed by atoms with Crippen molar-refractivity contribution in [1.29, 1.82) is 0 Å². The number of carbonyl (C=O) groups is 2. The number of likely N-dealkylation sites (N-methyl/N-ethyl adjacent to an activating group) is 1. The molecule has 4 rings (SSSR count). The van der Waals surface area contributed by atoms with Crippen molar-refractivity contribution in [2.45, 2.75) is 37.2 Å². The Morgan fingerprint density at radius 3 is 2.34 bits per heavy atom. The van der Waals surface area contributed by atoms with Crippen LogP contribution in [0.2, 0.25) is 5.02 Å². The third kappa shape index (κ3) is 6.20. The van der Waals surface area contributed by atoms with Gasteiger partial charge in [-0.25, -0.2) is 13.2 Å². The number of halogens is 1. The number of aliphatic carboxylic acids is 1. The van der Waals surface area contributed by atoms with E-state index in [4.69, 9.17) is 11.6 Å². The van der Waals surface area contributed by atoms with Crippen LogP contribution in [0.4, 0.5) is 5.69 Å². The lowest BCUT2D eigenvalue weighted by Crippen LogP contribution is -2.46. The predicted molar refractivity (Wildman–Crippen MR) is 148 cm³/mol. The molecule has 3 N–H and O–H groups in total. The van der Waals surface area contributed by atoms with Gasteiger partial charge in [0.25, 0.3) is 0 Å². The minimum atomic E-state index is -3.83. The fourth-order valence-corrected chi connectivity index (χ4v) is 6.11. The van der Waals surface area contributed by atoms with Crippen LogP contribution in [0.3, 0.4) is 0 Å². The molecule has 1 amide bonds. The molecule has 11 heteroatoms. The van der Waals surface area contributed by atoms with Crippen LogP contribution in [0.1, 0.15) is 36.6 Å². The zero-order chi connectivity index (χ0) is 27.6. The first kappa shape index (κ1) is 28.1. The predicted octanol–water partition coefficient (Wildman–Crippen LogP) is 2.91. The van der Waals surface area contributed by atoms with Gasteiger partial charge in [0.2, 0.25) is 15.9 Å². The summed E-state index contributed by atoms with van der Waals surface area (Å²) in [5.74, 6) is -1.75. The summed E-state index contributed by atoms with van der Waals surface area (Å²) in [4.78, 5) is 29.3. The van der Waals surface area contributed by atoms with E-state index in [1.54, 1.807) is 19.9 Å². The number of anilines is 1. The van der Waals surface area contributed by atoms with Crippen LogP contribution in [0, 0.1) is 5.92 Å². The van der Waals surface area contributed by atoms with E-state index in [0.717, 1.165) is 48.6 Å². The lowest BCUT2D eigenvalue weighted by Gasteiger charge is -2.36. The third-order valence-corrected chi connectivity index (χ3v) is 8.70. The van der Waals surface area contributed by atoms with E-state index in [1.807, 2.05) is 18.2 Å². The Hall–Kier alpha value is -2.92. The minimum Gasteiger partial charge on any atom is -0.480 e. The van der Waals surface area contributed by atoms with Crippen molar-refractivity contribution >= 4 is 45.3 Å². The molecule has 38 heavy (non-hydrogen) atoms. The van der Waals surface area contributed by atoms with E-state index in [-0.39, 0.29) is 17.2 Å². The first-order valence-electron chi connectivity index (χ1n) is 12.5. The largest absolute Gasteiger partial charge is 0.480 e. The molecule has 1 heterocycles. The lowest BCUT2D eigenvalue weighted by atomic mass is 9.95. The Kier molecular flexibility index (Phi) is 8.46. The number of nitrogens with zero attached hydrogens (tertiary/aromatic N) is 2. The zero-order valence-electron chi connectivity index (χ0n) is 21.6. The molecule has 0 bridgehead atoms. The van der Waals surface area contributed by atoms with E-state index >= 15 is 0 Å². The number of rotatable bonds is 9.